The topological polar surface area (TPSA) is 29.5 Å². The van der Waals surface area contributed by atoms with Crippen LogP contribution in [-0.2, 0) is 6.42 Å². The van der Waals surface area contributed by atoms with Crippen molar-refractivity contribution in [3.05, 3.63) is 29.3 Å². The molecule has 2 saturated carbocycles. The summed E-state index contributed by atoms with van der Waals surface area (Å²) in [5, 5.41) is 10.5. The Morgan fingerprint density at radius 2 is 2.14 bits per heavy atom. The Bertz CT molecular complexity index is 629. The molecule has 0 saturated heterocycles. The highest BCUT2D eigenvalue weighted by Gasteiger charge is 2.56. The largest absolute Gasteiger partial charge is 0.497 e. The maximum atomic E-state index is 10.5. The minimum atomic E-state index is -0.291. The normalized spacial score (nSPS) is 39.3. The Labute approximate surface area is 132 Å². The lowest BCUT2D eigenvalue weighted by Crippen LogP contribution is -2.45. The van der Waals surface area contributed by atoms with Crippen LogP contribution in [-0.4, -0.2) is 18.3 Å². The summed E-state index contributed by atoms with van der Waals surface area (Å²) in [6, 6.07) is 6.56. The van der Waals surface area contributed by atoms with Gasteiger partial charge in [0.1, 0.15) is 5.75 Å². The molecular formula is C20H24O2. The van der Waals surface area contributed by atoms with Crippen molar-refractivity contribution in [1.29, 1.82) is 0 Å². The van der Waals surface area contributed by atoms with Crippen LogP contribution in [0.1, 0.15) is 49.1 Å². The summed E-state index contributed by atoms with van der Waals surface area (Å²) in [5.74, 6) is 5.75. The van der Waals surface area contributed by atoms with E-state index in [4.69, 9.17) is 11.2 Å². The maximum Gasteiger partial charge on any atom is 0.119 e. The van der Waals surface area contributed by atoms with Crippen molar-refractivity contribution >= 4 is 0 Å². The second-order valence-corrected chi connectivity index (χ2v) is 7.30. The Hall–Kier alpha value is -1.46. The number of hydrogen-bond donors (Lipinski definition) is 1. The molecule has 2 nitrogen and oxygen atoms in total. The highest BCUT2D eigenvalue weighted by Crippen LogP contribution is 2.60. The standard InChI is InChI=1S/C20H24O2/c1-3-20-11-10-16-15-7-5-14(22-2)12-13(15)4-6-17(16)18(20)8-9-19(20)21/h1,5,7,12,16-19,21H,4,6,8-11H2,2H3/t16-,17-,18+,19+,20+/m1/s1. The third-order valence-corrected chi connectivity index (χ3v) is 6.68. The zero-order valence-electron chi connectivity index (χ0n) is 13.2. The van der Waals surface area contributed by atoms with Gasteiger partial charge in [0.15, 0.2) is 0 Å². The lowest BCUT2D eigenvalue weighted by Gasteiger charge is -2.49. The molecule has 3 aliphatic carbocycles. The van der Waals surface area contributed by atoms with E-state index in [2.05, 4.69) is 24.1 Å². The van der Waals surface area contributed by atoms with Gasteiger partial charge >= 0.3 is 0 Å². The summed E-state index contributed by atoms with van der Waals surface area (Å²) in [6.45, 7) is 0. The summed E-state index contributed by atoms with van der Waals surface area (Å²) in [6.07, 6.45) is 12.0. The SMILES string of the molecule is C#C[C@]12CC[C@@H]3c4ccc(OC)cc4CC[C@H]3[C@@H]1CC[C@@H]2O. The van der Waals surface area contributed by atoms with Crippen molar-refractivity contribution in [2.75, 3.05) is 7.11 Å². The first kappa shape index (κ1) is 14.2. The number of hydrogen-bond acceptors (Lipinski definition) is 2. The molecule has 0 aromatic heterocycles. The average molecular weight is 296 g/mol. The molecule has 0 bridgehead atoms. The van der Waals surface area contributed by atoms with Crippen LogP contribution in [0.25, 0.3) is 0 Å². The van der Waals surface area contributed by atoms with E-state index in [9.17, 15) is 5.11 Å². The van der Waals surface area contributed by atoms with Gasteiger partial charge in [-0.05, 0) is 79.5 Å². The van der Waals surface area contributed by atoms with Gasteiger partial charge in [-0.15, -0.1) is 6.42 Å². The monoisotopic (exact) mass is 296 g/mol. The first-order valence-electron chi connectivity index (χ1n) is 8.52. The van der Waals surface area contributed by atoms with Crippen LogP contribution in [0.2, 0.25) is 0 Å². The Kier molecular flexibility index (Phi) is 3.24. The molecule has 1 N–H and O–H groups in total. The summed E-state index contributed by atoms with van der Waals surface area (Å²) in [7, 11) is 1.73. The van der Waals surface area contributed by atoms with E-state index in [1.165, 1.54) is 17.5 Å². The lowest BCUT2D eigenvalue weighted by atomic mass is 9.55. The highest BCUT2D eigenvalue weighted by molar-refractivity contribution is 5.41. The minimum Gasteiger partial charge on any atom is -0.497 e. The average Bonchev–Trinajstić information content (AvgIpc) is 2.91. The molecule has 5 atom stereocenters. The minimum absolute atomic E-state index is 0.245. The fraction of sp³-hybridized carbons (Fsp3) is 0.600. The molecular weight excluding hydrogens is 272 g/mol. The first-order valence-corrected chi connectivity index (χ1v) is 8.52. The van der Waals surface area contributed by atoms with E-state index >= 15 is 0 Å². The molecule has 0 amide bonds. The molecule has 0 unspecified atom stereocenters. The third-order valence-electron chi connectivity index (χ3n) is 6.68. The zero-order valence-corrected chi connectivity index (χ0v) is 13.2. The van der Waals surface area contributed by atoms with Crippen LogP contribution in [0, 0.1) is 29.6 Å². The molecule has 3 aliphatic rings. The van der Waals surface area contributed by atoms with E-state index in [0.717, 1.165) is 37.9 Å². The zero-order chi connectivity index (χ0) is 15.3. The van der Waals surface area contributed by atoms with E-state index in [1.807, 2.05) is 0 Å². The Morgan fingerprint density at radius 3 is 2.91 bits per heavy atom. The van der Waals surface area contributed by atoms with Crippen LogP contribution in [0.5, 0.6) is 5.75 Å². The molecule has 2 fully saturated rings. The van der Waals surface area contributed by atoms with E-state index in [-0.39, 0.29) is 11.5 Å². The predicted octanol–water partition coefficient (Wildman–Crippen LogP) is 3.53. The highest BCUT2D eigenvalue weighted by atomic mass is 16.5. The molecule has 0 radical (unpaired) electrons. The predicted molar refractivity (Wildman–Crippen MR) is 86.8 cm³/mol. The fourth-order valence-electron chi connectivity index (χ4n) is 5.61. The quantitative estimate of drug-likeness (QED) is 0.803. The smallest absolute Gasteiger partial charge is 0.119 e. The molecule has 4 rings (SSSR count). The van der Waals surface area contributed by atoms with Crippen molar-refractivity contribution in [2.24, 2.45) is 17.3 Å². The number of fused-ring (bicyclic) bond motifs is 5. The lowest BCUT2D eigenvalue weighted by molar-refractivity contribution is 0.00702. The van der Waals surface area contributed by atoms with Crippen molar-refractivity contribution in [2.45, 2.75) is 50.5 Å². The molecule has 116 valence electrons. The molecule has 0 aliphatic heterocycles. The summed E-state index contributed by atoms with van der Waals surface area (Å²) >= 11 is 0. The number of aliphatic hydroxyl groups excluding tert-OH is 1. The van der Waals surface area contributed by atoms with Gasteiger partial charge in [0.05, 0.1) is 18.6 Å². The van der Waals surface area contributed by atoms with Crippen molar-refractivity contribution in [3.63, 3.8) is 0 Å². The number of rotatable bonds is 1. The van der Waals surface area contributed by atoms with Gasteiger partial charge in [-0.3, -0.25) is 0 Å². The number of aryl methyl sites for hydroxylation is 1. The van der Waals surface area contributed by atoms with Crippen LogP contribution in [0.4, 0.5) is 0 Å². The molecule has 2 heteroatoms. The molecule has 22 heavy (non-hydrogen) atoms. The van der Waals surface area contributed by atoms with Gasteiger partial charge in [-0.25, -0.2) is 0 Å². The summed E-state index contributed by atoms with van der Waals surface area (Å²) in [5.41, 5.74) is 2.71. The number of terminal acetylenes is 1. The number of benzene rings is 1. The third kappa shape index (κ3) is 1.78. The fourth-order valence-corrected chi connectivity index (χ4v) is 5.61. The van der Waals surface area contributed by atoms with E-state index < -0.39 is 0 Å². The summed E-state index contributed by atoms with van der Waals surface area (Å²) < 4.78 is 5.37. The second-order valence-electron chi connectivity index (χ2n) is 7.30. The van der Waals surface area contributed by atoms with Gasteiger partial charge in [-0.1, -0.05) is 12.0 Å². The second kappa shape index (κ2) is 5.03. The van der Waals surface area contributed by atoms with Gasteiger partial charge in [0.2, 0.25) is 0 Å². The van der Waals surface area contributed by atoms with Gasteiger partial charge in [-0.2, -0.15) is 0 Å². The number of methoxy groups -OCH3 is 1. The number of ether oxygens (including phenoxy) is 1. The van der Waals surface area contributed by atoms with Crippen LogP contribution < -0.4 is 4.74 Å². The molecule has 1 aromatic carbocycles. The Balaban J connectivity index is 1.70. The van der Waals surface area contributed by atoms with Crippen molar-refractivity contribution in [1.82, 2.24) is 0 Å². The van der Waals surface area contributed by atoms with Gasteiger partial charge < -0.3 is 9.84 Å². The van der Waals surface area contributed by atoms with E-state index in [1.54, 1.807) is 7.11 Å². The van der Waals surface area contributed by atoms with E-state index in [0.29, 0.717) is 17.8 Å². The van der Waals surface area contributed by atoms with Crippen LogP contribution in [0.3, 0.4) is 0 Å². The Morgan fingerprint density at radius 1 is 1.27 bits per heavy atom. The summed E-state index contributed by atoms with van der Waals surface area (Å²) in [4.78, 5) is 0. The van der Waals surface area contributed by atoms with Crippen molar-refractivity contribution < 1.29 is 9.84 Å². The molecule has 1 aromatic rings. The number of aliphatic hydroxyl groups is 1. The molecule has 0 spiro atoms. The van der Waals surface area contributed by atoms with Gasteiger partial charge in [0, 0.05) is 0 Å². The first-order chi connectivity index (χ1) is 10.7. The van der Waals surface area contributed by atoms with Crippen LogP contribution >= 0.6 is 0 Å². The van der Waals surface area contributed by atoms with Crippen molar-refractivity contribution in [3.8, 4) is 18.1 Å². The van der Waals surface area contributed by atoms with Crippen LogP contribution in [0.15, 0.2) is 18.2 Å². The molecule has 0 heterocycles. The van der Waals surface area contributed by atoms with Gasteiger partial charge in [0.25, 0.3) is 0 Å². The maximum absolute atomic E-state index is 10.5.